The molecule has 0 aliphatic carbocycles. The van der Waals surface area contributed by atoms with Crippen LogP contribution in [0.2, 0.25) is 0 Å². The van der Waals surface area contributed by atoms with Crippen molar-refractivity contribution in [2.24, 2.45) is 5.92 Å². The SMILES string of the molecule is O=c1c(O)ccc2n1CC1CNC2C1. The second-order valence-electron chi connectivity index (χ2n) is 4.12. The summed E-state index contributed by atoms with van der Waals surface area (Å²) in [5.41, 5.74) is 0.766. The summed E-state index contributed by atoms with van der Waals surface area (Å²) < 4.78 is 1.70. The Hall–Kier alpha value is -1.29. The largest absolute Gasteiger partial charge is 0.503 e. The number of fused-ring (bicyclic) bond motifs is 4. The molecule has 3 heterocycles. The number of hydrogen-bond acceptors (Lipinski definition) is 3. The maximum atomic E-state index is 11.6. The van der Waals surface area contributed by atoms with E-state index in [2.05, 4.69) is 5.32 Å². The van der Waals surface area contributed by atoms with Crippen LogP contribution in [0, 0.1) is 5.92 Å². The first-order valence-electron chi connectivity index (χ1n) is 4.92. The predicted molar refractivity (Wildman–Crippen MR) is 51.2 cm³/mol. The Kier molecular flexibility index (Phi) is 1.50. The fourth-order valence-electron chi connectivity index (χ4n) is 2.51. The molecule has 14 heavy (non-hydrogen) atoms. The fraction of sp³-hybridized carbons (Fsp3) is 0.500. The third-order valence-electron chi connectivity index (χ3n) is 3.21. The van der Waals surface area contributed by atoms with Crippen molar-refractivity contribution in [3.05, 3.63) is 28.2 Å². The zero-order valence-corrected chi connectivity index (χ0v) is 7.73. The molecule has 0 spiro atoms. The minimum Gasteiger partial charge on any atom is -0.503 e. The molecule has 0 radical (unpaired) electrons. The molecular weight excluding hydrogens is 180 g/mol. The molecule has 0 saturated carbocycles. The van der Waals surface area contributed by atoms with Gasteiger partial charge in [-0.3, -0.25) is 4.79 Å². The smallest absolute Gasteiger partial charge is 0.292 e. The summed E-state index contributed by atoms with van der Waals surface area (Å²) in [5.74, 6) is 0.405. The van der Waals surface area contributed by atoms with Crippen molar-refractivity contribution in [1.82, 2.24) is 9.88 Å². The van der Waals surface area contributed by atoms with E-state index in [1.165, 1.54) is 6.07 Å². The second-order valence-corrected chi connectivity index (χ2v) is 4.12. The van der Waals surface area contributed by atoms with Crippen molar-refractivity contribution < 1.29 is 5.11 Å². The highest BCUT2D eigenvalue weighted by molar-refractivity contribution is 5.24. The molecule has 1 aromatic rings. The minimum absolute atomic E-state index is 0.143. The van der Waals surface area contributed by atoms with E-state index in [9.17, 15) is 9.90 Å². The first-order valence-corrected chi connectivity index (χ1v) is 4.92. The number of aromatic hydroxyl groups is 1. The molecule has 2 N–H and O–H groups in total. The molecule has 74 valence electrons. The van der Waals surface area contributed by atoms with Gasteiger partial charge in [-0.1, -0.05) is 0 Å². The molecule has 1 fully saturated rings. The van der Waals surface area contributed by atoms with E-state index in [4.69, 9.17) is 0 Å². The summed E-state index contributed by atoms with van der Waals surface area (Å²) in [7, 11) is 0. The fourth-order valence-corrected chi connectivity index (χ4v) is 2.51. The van der Waals surface area contributed by atoms with Crippen LogP contribution < -0.4 is 10.9 Å². The number of nitrogens with one attached hydrogen (secondary N) is 1. The van der Waals surface area contributed by atoms with Gasteiger partial charge in [0.2, 0.25) is 0 Å². The lowest BCUT2D eigenvalue weighted by Gasteiger charge is -2.23. The summed E-state index contributed by atoms with van der Waals surface area (Å²) in [6.45, 7) is 1.72. The molecule has 0 amide bonds. The van der Waals surface area contributed by atoms with Crippen LogP contribution in [0.25, 0.3) is 0 Å². The molecule has 2 bridgehead atoms. The Balaban J connectivity index is 2.23. The van der Waals surface area contributed by atoms with Gasteiger partial charge in [-0.2, -0.15) is 0 Å². The summed E-state index contributed by atoms with van der Waals surface area (Å²) in [5, 5.41) is 12.7. The Bertz CT molecular complexity index is 438. The van der Waals surface area contributed by atoms with Gasteiger partial charge < -0.3 is 15.0 Å². The average molecular weight is 192 g/mol. The van der Waals surface area contributed by atoms with E-state index >= 15 is 0 Å². The van der Waals surface area contributed by atoms with E-state index in [0.717, 1.165) is 25.2 Å². The standard InChI is InChI=1S/C10H12N2O2/c13-9-2-1-8-7-3-6(4-11-7)5-12(8)10(9)14/h1-2,6-7,11,13H,3-5H2. The summed E-state index contributed by atoms with van der Waals surface area (Å²) in [6.07, 6.45) is 1.12. The molecular formula is C10H12N2O2. The molecule has 2 aliphatic rings. The van der Waals surface area contributed by atoms with Gasteiger partial charge >= 0.3 is 0 Å². The van der Waals surface area contributed by atoms with Gasteiger partial charge in [0.1, 0.15) is 0 Å². The van der Waals surface area contributed by atoms with Gasteiger partial charge in [-0.15, -0.1) is 0 Å². The number of pyridine rings is 1. The van der Waals surface area contributed by atoms with Crippen LogP contribution in [-0.2, 0) is 6.54 Å². The molecule has 1 saturated heterocycles. The lowest BCUT2D eigenvalue weighted by atomic mass is 9.98. The van der Waals surface area contributed by atoms with E-state index < -0.39 is 0 Å². The Morgan fingerprint density at radius 1 is 1.50 bits per heavy atom. The van der Waals surface area contributed by atoms with Crippen molar-refractivity contribution >= 4 is 0 Å². The van der Waals surface area contributed by atoms with Crippen LogP contribution in [-0.4, -0.2) is 16.2 Å². The van der Waals surface area contributed by atoms with E-state index in [1.54, 1.807) is 4.57 Å². The third-order valence-corrected chi connectivity index (χ3v) is 3.21. The van der Waals surface area contributed by atoms with E-state index in [0.29, 0.717) is 12.0 Å². The zero-order valence-electron chi connectivity index (χ0n) is 7.73. The van der Waals surface area contributed by atoms with Crippen molar-refractivity contribution in [3.63, 3.8) is 0 Å². The summed E-state index contributed by atoms with van der Waals surface area (Å²) >= 11 is 0. The Labute approximate surface area is 81.2 Å². The topological polar surface area (TPSA) is 54.3 Å². The number of nitrogens with zero attached hydrogens (tertiary/aromatic N) is 1. The van der Waals surface area contributed by atoms with Gasteiger partial charge in [0.25, 0.3) is 5.56 Å². The first kappa shape index (κ1) is 8.05. The highest BCUT2D eigenvalue weighted by Crippen LogP contribution is 2.32. The van der Waals surface area contributed by atoms with Crippen molar-refractivity contribution in [1.29, 1.82) is 0 Å². The average Bonchev–Trinajstić information content (AvgIpc) is 2.56. The molecule has 2 unspecified atom stereocenters. The van der Waals surface area contributed by atoms with Crippen LogP contribution in [0.1, 0.15) is 18.2 Å². The van der Waals surface area contributed by atoms with Gasteiger partial charge in [-0.25, -0.2) is 0 Å². The van der Waals surface area contributed by atoms with E-state index in [1.807, 2.05) is 6.07 Å². The van der Waals surface area contributed by atoms with Gasteiger partial charge in [0.05, 0.1) is 0 Å². The molecule has 2 atom stereocenters. The highest BCUT2D eigenvalue weighted by atomic mass is 16.3. The minimum atomic E-state index is -0.249. The van der Waals surface area contributed by atoms with Gasteiger partial charge in [0.15, 0.2) is 5.75 Å². The number of rotatable bonds is 0. The molecule has 1 aromatic heterocycles. The Morgan fingerprint density at radius 2 is 2.36 bits per heavy atom. The molecule has 4 heteroatoms. The maximum Gasteiger partial charge on any atom is 0.292 e. The highest BCUT2D eigenvalue weighted by Gasteiger charge is 2.33. The van der Waals surface area contributed by atoms with Gasteiger partial charge in [0, 0.05) is 24.8 Å². The Morgan fingerprint density at radius 3 is 3.21 bits per heavy atom. The quantitative estimate of drug-likeness (QED) is 0.618. The lowest BCUT2D eigenvalue weighted by molar-refractivity contribution is 0.387. The number of aromatic nitrogens is 1. The molecule has 4 nitrogen and oxygen atoms in total. The molecule has 0 aromatic carbocycles. The summed E-state index contributed by atoms with van der Waals surface area (Å²) in [4.78, 5) is 11.6. The number of hydrogen-bond donors (Lipinski definition) is 2. The van der Waals surface area contributed by atoms with Crippen LogP contribution in [0.4, 0.5) is 0 Å². The van der Waals surface area contributed by atoms with Crippen LogP contribution in [0.15, 0.2) is 16.9 Å². The monoisotopic (exact) mass is 192 g/mol. The summed E-state index contributed by atoms with van der Waals surface area (Å²) in [6, 6.07) is 3.65. The second kappa shape index (κ2) is 2.60. The maximum absolute atomic E-state index is 11.6. The van der Waals surface area contributed by atoms with Crippen LogP contribution in [0.3, 0.4) is 0 Å². The van der Waals surface area contributed by atoms with Crippen molar-refractivity contribution in [2.75, 3.05) is 6.54 Å². The normalized spacial score (nSPS) is 28.9. The lowest BCUT2D eigenvalue weighted by Crippen LogP contribution is -2.30. The van der Waals surface area contributed by atoms with Crippen LogP contribution in [0.5, 0.6) is 5.75 Å². The van der Waals surface area contributed by atoms with Crippen molar-refractivity contribution in [3.8, 4) is 5.75 Å². The van der Waals surface area contributed by atoms with Crippen molar-refractivity contribution in [2.45, 2.75) is 19.0 Å². The third kappa shape index (κ3) is 0.944. The molecule has 3 rings (SSSR count). The zero-order chi connectivity index (χ0) is 9.71. The van der Waals surface area contributed by atoms with Crippen LogP contribution >= 0.6 is 0 Å². The van der Waals surface area contributed by atoms with E-state index in [-0.39, 0.29) is 11.3 Å². The molecule has 2 aliphatic heterocycles. The predicted octanol–water partition coefficient (Wildman–Crippen LogP) is 0.218. The first-order chi connectivity index (χ1) is 6.75. The van der Waals surface area contributed by atoms with Gasteiger partial charge in [-0.05, 0) is 24.5 Å².